The Morgan fingerprint density at radius 2 is 0.925 bits per heavy atom. The first kappa shape index (κ1) is 40.6. The summed E-state index contributed by atoms with van der Waals surface area (Å²) in [4.78, 5) is 2.30. The van der Waals surface area contributed by atoms with Gasteiger partial charge >= 0.3 is 331 Å². The zero-order valence-electron chi connectivity index (χ0n) is 32.6. The molecule has 3 aliphatic heterocycles. The normalized spacial score (nSPS) is 25.1. The summed E-state index contributed by atoms with van der Waals surface area (Å²) in [5.41, 5.74) is 0.972. The van der Waals surface area contributed by atoms with Gasteiger partial charge in [-0.3, -0.25) is 0 Å². The predicted molar refractivity (Wildman–Crippen MR) is 218 cm³/mol. The summed E-state index contributed by atoms with van der Waals surface area (Å²) < 4.78 is 90.8. The van der Waals surface area contributed by atoms with Gasteiger partial charge in [0.1, 0.15) is 0 Å². The molecule has 284 valence electrons. The zero-order valence-corrected chi connectivity index (χ0v) is 37.5. The Balaban J connectivity index is 1.92. The molecule has 0 spiro atoms. The summed E-state index contributed by atoms with van der Waals surface area (Å²) >= 11 is 0. The number of fused-ring (bicyclic) bond motifs is 1. The van der Waals surface area contributed by atoms with Crippen LogP contribution in [0.4, 0.5) is 0 Å². The van der Waals surface area contributed by atoms with Crippen molar-refractivity contribution in [3.63, 3.8) is 0 Å². The quantitative estimate of drug-likeness (QED) is 0.130. The molecule has 3 aromatic carbocycles. The summed E-state index contributed by atoms with van der Waals surface area (Å²) in [5.74, 6) is 0. The van der Waals surface area contributed by atoms with E-state index in [1.54, 1.807) is 60.9 Å². The first-order valence-corrected chi connectivity index (χ1v) is 24.4. The molecule has 12 heteroatoms. The van der Waals surface area contributed by atoms with Crippen LogP contribution in [0.3, 0.4) is 0 Å². The van der Waals surface area contributed by atoms with E-state index in [2.05, 4.69) is 0 Å². The van der Waals surface area contributed by atoms with Gasteiger partial charge in [-0.25, -0.2) is 0 Å². The van der Waals surface area contributed by atoms with Crippen LogP contribution in [0.25, 0.3) is 0 Å². The fraction of sp³-hybridized carbons (Fsp3) is 0.415. The fourth-order valence-electron chi connectivity index (χ4n) is 6.27. The monoisotopic (exact) mass is 828 g/mol. The van der Waals surface area contributed by atoms with Gasteiger partial charge in [0.2, 0.25) is 0 Å². The number of rotatable bonds is 0. The van der Waals surface area contributed by atoms with E-state index in [0.29, 0.717) is 10.5 Å². The van der Waals surface area contributed by atoms with Gasteiger partial charge in [0, 0.05) is 0 Å². The van der Waals surface area contributed by atoms with Crippen molar-refractivity contribution in [2.45, 2.75) is 150 Å². The Morgan fingerprint density at radius 3 is 1.38 bits per heavy atom. The summed E-state index contributed by atoms with van der Waals surface area (Å²) in [6.07, 6.45) is 3.50. The fourth-order valence-corrected chi connectivity index (χ4v) is 16.6. The van der Waals surface area contributed by atoms with Gasteiger partial charge in [-0.1, -0.05) is 0 Å². The first-order valence-electron chi connectivity index (χ1n) is 17.4. The maximum absolute atomic E-state index is 15.5. The van der Waals surface area contributed by atoms with Crippen molar-refractivity contribution in [3.05, 3.63) is 86.0 Å². The molecule has 53 heavy (non-hydrogen) atoms. The van der Waals surface area contributed by atoms with Crippen molar-refractivity contribution >= 4 is 64.6 Å². The third-order valence-electron chi connectivity index (χ3n) is 9.78. The topological polar surface area (TPSA) is 105 Å². The average Bonchev–Trinajstić information content (AvgIpc) is 3.05. The van der Waals surface area contributed by atoms with Gasteiger partial charge in [-0.05, 0) is 0 Å². The molecule has 3 aliphatic rings. The minimum atomic E-state index is -2.14. The standard InChI is InChI=1S/C41H48O6S6/c1-23-28-16-24(38(2,3)4)14-15-48(42)29-17-25(39(5,6)7)18-30(35(29)49(23)43)51(45)33-21-27(41(11,12)13)22-34-37(33)53(47)36-31(50(28)44)19-26(40(8,9)10)20-32(36)52(34)46/h14-22H,1-13H3/b15-14?,24-16?,28-23-. The Bertz CT molecular complexity index is 2450. The number of hydrogen-bond donors (Lipinski definition) is 0. The molecule has 5 atom stereocenters. The van der Waals surface area contributed by atoms with Gasteiger partial charge in [-0.2, -0.15) is 0 Å². The zero-order chi connectivity index (χ0) is 39.5. The van der Waals surface area contributed by atoms with Crippen molar-refractivity contribution < 1.29 is 25.1 Å². The van der Waals surface area contributed by atoms with E-state index < -0.39 is 86.3 Å². The van der Waals surface area contributed by atoms with Crippen LogP contribution >= 0.6 is 0 Å². The van der Waals surface area contributed by atoms with Crippen LogP contribution < -0.4 is 0 Å². The Morgan fingerprint density at radius 1 is 0.509 bits per heavy atom. The van der Waals surface area contributed by atoms with Crippen molar-refractivity contribution in [1.82, 2.24) is 0 Å². The van der Waals surface area contributed by atoms with E-state index in [1.165, 1.54) is 0 Å². The van der Waals surface area contributed by atoms with Crippen LogP contribution in [0, 0.1) is 5.41 Å². The molecule has 6 rings (SSSR count). The van der Waals surface area contributed by atoms with Crippen molar-refractivity contribution in [2.75, 3.05) is 0 Å². The third-order valence-corrected chi connectivity index (χ3v) is 19.5. The van der Waals surface area contributed by atoms with E-state index in [9.17, 15) is 8.25 Å². The van der Waals surface area contributed by atoms with Crippen LogP contribution in [-0.4, -0.2) is 21.0 Å². The average molecular weight is 829 g/mol. The van der Waals surface area contributed by atoms with Crippen LogP contribution in [-0.2, 0) is 84.9 Å². The predicted octanol–water partition coefficient (Wildman–Crippen LogP) is 9.68. The molecule has 0 amide bonds. The molecule has 0 N–H and O–H groups in total. The summed E-state index contributed by atoms with van der Waals surface area (Å²) in [6, 6.07) is 10.6. The second kappa shape index (κ2) is 13.6. The van der Waals surface area contributed by atoms with Crippen molar-refractivity contribution in [2.24, 2.45) is 5.41 Å². The molecule has 4 bridgehead atoms. The second-order valence-electron chi connectivity index (χ2n) is 17.9. The molecule has 0 aliphatic carbocycles. The van der Waals surface area contributed by atoms with E-state index in [4.69, 9.17) is 0 Å². The van der Waals surface area contributed by atoms with E-state index >= 15 is 16.8 Å². The van der Waals surface area contributed by atoms with Crippen LogP contribution in [0.15, 0.2) is 113 Å². The minimum absolute atomic E-state index is 0.112. The summed E-state index contributed by atoms with van der Waals surface area (Å²) in [5, 5.41) is 1.56. The molecule has 0 saturated heterocycles. The molecule has 3 aromatic rings. The van der Waals surface area contributed by atoms with Crippen LogP contribution in [0.5, 0.6) is 0 Å². The molecule has 0 aromatic heterocycles. The Hall–Kier alpha value is -2.06. The maximum atomic E-state index is 15.5. The van der Waals surface area contributed by atoms with E-state index in [0.717, 1.165) is 16.7 Å². The third kappa shape index (κ3) is 7.12. The van der Waals surface area contributed by atoms with Gasteiger partial charge < -0.3 is 0 Å². The van der Waals surface area contributed by atoms with Crippen molar-refractivity contribution in [3.8, 4) is 0 Å². The summed E-state index contributed by atoms with van der Waals surface area (Å²) in [7, 11) is -12.1. The first-order chi connectivity index (χ1) is 24.2. The molecular weight excluding hydrogens is 781 g/mol. The van der Waals surface area contributed by atoms with Crippen LogP contribution in [0.1, 0.15) is 107 Å². The van der Waals surface area contributed by atoms with Crippen LogP contribution in [0.2, 0.25) is 0 Å². The summed E-state index contributed by atoms with van der Waals surface area (Å²) in [6.45, 7) is 25.6. The van der Waals surface area contributed by atoms with Gasteiger partial charge in [0.15, 0.2) is 0 Å². The molecular formula is C41H48O6S6. The molecule has 0 saturated carbocycles. The van der Waals surface area contributed by atoms with Gasteiger partial charge in [0.05, 0.1) is 0 Å². The number of benzene rings is 3. The number of allylic oxidation sites excluding steroid dienone is 4. The Kier molecular flexibility index (Phi) is 10.4. The van der Waals surface area contributed by atoms with E-state index in [-0.39, 0.29) is 49.0 Å². The molecule has 5 unspecified atom stereocenters. The number of hydrogen-bond acceptors (Lipinski definition) is 6. The van der Waals surface area contributed by atoms with E-state index in [1.807, 2.05) is 83.1 Å². The molecule has 0 fully saturated rings. The molecule has 0 radical (unpaired) electrons. The SMILES string of the molecule is C/C1=C2\C=C(C(C)(C)C)C=CS(=O)c3cc(C(C)(C)C)cc(c3S1=O)S(=O)c1cc(C(C)(C)C)cc3c1S(=O)c1c(cc(C(C)(C)C)cc1[S-]3#[O+])S2=O. The van der Waals surface area contributed by atoms with Gasteiger partial charge in [0.25, 0.3) is 0 Å². The molecule has 6 nitrogen and oxygen atoms in total. The second-order valence-corrected chi connectivity index (χ2v) is 26.3. The van der Waals surface area contributed by atoms with Crippen molar-refractivity contribution in [1.29, 1.82) is 0 Å². The molecule has 3 heterocycles. The van der Waals surface area contributed by atoms with Gasteiger partial charge in [-0.15, -0.1) is 0 Å². The Labute approximate surface area is 329 Å².